The van der Waals surface area contributed by atoms with Crippen LogP contribution in [0.1, 0.15) is 11.1 Å². The van der Waals surface area contributed by atoms with Gasteiger partial charge >= 0.3 is 0 Å². The number of benzene rings is 3. The molecule has 0 aromatic heterocycles. The van der Waals surface area contributed by atoms with Crippen molar-refractivity contribution in [3.05, 3.63) is 99.1 Å². The Morgan fingerprint density at radius 3 is 2.31 bits per heavy atom. The second-order valence-corrected chi connectivity index (χ2v) is 7.56. The van der Waals surface area contributed by atoms with Crippen molar-refractivity contribution < 1.29 is 9.72 Å². The average molecular weight is 426 g/mol. The summed E-state index contributed by atoms with van der Waals surface area (Å²) in [7, 11) is 0. The number of carbonyl (C=O) groups is 1. The average Bonchev–Trinajstić information content (AvgIpc) is 2.71. The van der Waals surface area contributed by atoms with Crippen molar-refractivity contribution in [3.8, 4) is 0 Å². The standard InChI is InChI=1S/C21H16ClN3O3S/c22-17-7-11-19(12-8-17)29-18-9-5-15(6-10-18)14-23-24-21(26)13-16-3-1-2-4-20(16)25(27)28/h1-12,14H,13H2,(H,24,26)/b23-14+. The normalized spacial score (nSPS) is 10.8. The molecule has 3 aromatic rings. The Bertz CT molecular complexity index is 1040. The number of hydrogen-bond acceptors (Lipinski definition) is 5. The van der Waals surface area contributed by atoms with Crippen LogP contribution in [0.5, 0.6) is 0 Å². The van der Waals surface area contributed by atoms with Gasteiger partial charge in [0, 0.05) is 26.4 Å². The van der Waals surface area contributed by atoms with Crippen LogP contribution in [0.3, 0.4) is 0 Å². The maximum absolute atomic E-state index is 12.0. The van der Waals surface area contributed by atoms with Crippen LogP contribution in [0, 0.1) is 10.1 Å². The highest BCUT2D eigenvalue weighted by atomic mass is 35.5. The molecule has 0 heterocycles. The molecule has 0 saturated heterocycles. The number of hydrazone groups is 1. The van der Waals surface area contributed by atoms with E-state index < -0.39 is 10.8 Å². The van der Waals surface area contributed by atoms with Gasteiger partial charge in [0.2, 0.25) is 5.91 Å². The molecule has 0 spiro atoms. The lowest BCUT2D eigenvalue weighted by molar-refractivity contribution is -0.385. The molecule has 1 amide bonds. The van der Waals surface area contributed by atoms with Gasteiger partial charge in [-0.05, 0) is 42.0 Å². The third kappa shape index (κ3) is 6.17. The van der Waals surface area contributed by atoms with Gasteiger partial charge in [0.15, 0.2) is 0 Å². The minimum absolute atomic E-state index is 0.0830. The lowest BCUT2D eigenvalue weighted by Gasteiger charge is -2.03. The maximum atomic E-state index is 12.0. The Morgan fingerprint density at radius 1 is 1.03 bits per heavy atom. The number of halogens is 1. The smallest absolute Gasteiger partial charge is 0.273 e. The van der Waals surface area contributed by atoms with Crippen LogP contribution in [0.2, 0.25) is 5.02 Å². The zero-order valence-electron chi connectivity index (χ0n) is 15.1. The van der Waals surface area contributed by atoms with Crippen LogP contribution in [-0.2, 0) is 11.2 Å². The number of nitro groups is 1. The molecular formula is C21H16ClN3O3S. The summed E-state index contributed by atoms with van der Waals surface area (Å²) >= 11 is 7.50. The van der Waals surface area contributed by atoms with Crippen LogP contribution in [0.25, 0.3) is 0 Å². The lowest BCUT2D eigenvalue weighted by atomic mass is 10.1. The molecule has 6 nitrogen and oxygen atoms in total. The van der Waals surface area contributed by atoms with Gasteiger partial charge in [-0.2, -0.15) is 5.10 Å². The Labute approximate surface area is 176 Å². The van der Waals surface area contributed by atoms with Crippen LogP contribution in [0.4, 0.5) is 5.69 Å². The molecule has 0 unspecified atom stereocenters. The number of para-hydroxylation sites is 1. The number of nitrogens with zero attached hydrogens (tertiary/aromatic N) is 2. The van der Waals surface area contributed by atoms with Crippen molar-refractivity contribution >= 4 is 41.2 Å². The zero-order valence-corrected chi connectivity index (χ0v) is 16.7. The number of hydrogen-bond donors (Lipinski definition) is 1. The van der Waals surface area contributed by atoms with Gasteiger partial charge in [-0.3, -0.25) is 14.9 Å². The van der Waals surface area contributed by atoms with E-state index in [1.165, 1.54) is 12.3 Å². The van der Waals surface area contributed by atoms with Crippen molar-refractivity contribution in [2.75, 3.05) is 0 Å². The summed E-state index contributed by atoms with van der Waals surface area (Å²) in [6, 6.07) is 21.4. The largest absolute Gasteiger partial charge is 0.273 e. The summed E-state index contributed by atoms with van der Waals surface area (Å²) in [5, 5.41) is 15.6. The molecule has 0 bridgehead atoms. The molecular weight excluding hydrogens is 410 g/mol. The first-order valence-electron chi connectivity index (χ1n) is 8.59. The Balaban J connectivity index is 1.54. The summed E-state index contributed by atoms with van der Waals surface area (Å²) in [5.74, 6) is -0.425. The minimum atomic E-state index is -0.504. The zero-order chi connectivity index (χ0) is 20.6. The molecule has 0 saturated carbocycles. The van der Waals surface area contributed by atoms with Crippen molar-refractivity contribution in [2.24, 2.45) is 5.10 Å². The van der Waals surface area contributed by atoms with Gasteiger partial charge in [-0.1, -0.05) is 53.7 Å². The number of nitro benzene ring substituents is 1. The van der Waals surface area contributed by atoms with Gasteiger partial charge in [0.25, 0.3) is 5.69 Å². The molecule has 0 aliphatic heterocycles. The second kappa shape index (κ2) is 9.86. The molecule has 0 aliphatic rings. The number of carbonyl (C=O) groups excluding carboxylic acids is 1. The Kier molecular flexibility index (Phi) is 6.99. The highest BCUT2D eigenvalue weighted by Gasteiger charge is 2.14. The van der Waals surface area contributed by atoms with Gasteiger partial charge in [0.05, 0.1) is 17.6 Å². The predicted molar refractivity (Wildman–Crippen MR) is 115 cm³/mol. The van der Waals surface area contributed by atoms with Gasteiger partial charge in [0.1, 0.15) is 0 Å². The van der Waals surface area contributed by atoms with Crippen LogP contribution >= 0.6 is 23.4 Å². The van der Waals surface area contributed by atoms with Crippen LogP contribution in [0.15, 0.2) is 87.7 Å². The van der Waals surface area contributed by atoms with E-state index in [2.05, 4.69) is 10.5 Å². The molecule has 0 aliphatic carbocycles. The van der Waals surface area contributed by atoms with Gasteiger partial charge in [-0.15, -0.1) is 0 Å². The predicted octanol–water partition coefficient (Wildman–Crippen LogP) is 5.09. The molecule has 146 valence electrons. The van der Waals surface area contributed by atoms with E-state index in [4.69, 9.17) is 11.6 Å². The second-order valence-electron chi connectivity index (χ2n) is 5.98. The molecule has 29 heavy (non-hydrogen) atoms. The quantitative estimate of drug-likeness (QED) is 0.324. The van der Waals surface area contributed by atoms with Crippen molar-refractivity contribution in [3.63, 3.8) is 0 Å². The van der Waals surface area contributed by atoms with Crippen molar-refractivity contribution in [1.82, 2.24) is 5.43 Å². The molecule has 3 rings (SSSR count). The third-order valence-corrected chi connectivity index (χ3v) is 5.14. The minimum Gasteiger partial charge on any atom is -0.273 e. The van der Waals surface area contributed by atoms with E-state index in [-0.39, 0.29) is 12.1 Å². The first-order valence-corrected chi connectivity index (χ1v) is 9.78. The summed E-state index contributed by atoms with van der Waals surface area (Å²) in [5.41, 5.74) is 3.47. The molecule has 0 radical (unpaired) electrons. The summed E-state index contributed by atoms with van der Waals surface area (Å²) in [6.07, 6.45) is 1.40. The monoisotopic (exact) mass is 425 g/mol. The van der Waals surface area contributed by atoms with Crippen LogP contribution in [-0.4, -0.2) is 17.0 Å². The number of nitrogens with one attached hydrogen (secondary N) is 1. The van der Waals surface area contributed by atoms with E-state index in [0.29, 0.717) is 10.6 Å². The first kappa shape index (κ1) is 20.6. The van der Waals surface area contributed by atoms with E-state index in [9.17, 15) is 14.9 Å². The molecule has 0 fully saturated rings. The molecule has 8 heteroatoms. The van der Waals surface area contributed by atoms with Crippen molar-refractivity contribution in [2.45, 2.75) is 16.2 Å². The van der Waals surface area contributed by atoms with Gasteiger partial charge in [-0.25, -0.2) is 5.43 Å². The SMILES string of the molecule is O=C(Cc1ccccc1[N+](=O)[O-])N/N=C/c1ccc(Sc2ccc(Cl)cc2)cc1. The number of rotatable bonds is 7. The third-order valence-electron chi connectivity index (χ3n) is 3.87. The first-order chi connectivity index (χ1) is 14.0. The molecule has 3 aromatic carbocycles. The maximum Gasteiger partial charge on any atom is 0.273 e. The number of amides is 1. The highest BCUT2D eigenvalue weighted by molar-refractivity contribution is 7.99. The highest BCUT2D eigenvalue weighted by Crippen LogP contribution is 2.28. The fourth-order valence-electron chi connectivity index (χ4n) is 2.49. The van der Waals surface area contributed by atoms with Crippen molar-refractivity contribution in [1.29, 1.82) is 0 Å². The van der Waals surface area contributed by atoms with E-state index in [1.807, 2.05) is 48.5 Å². The Hall–Kier alpha value is -3.16. The van der Waals surface area contributed by atoms with E-state index >= 15 is 0 Å². The fraction of sp³-hybridized carbons (Fsp3) is 0.0476. The molecule has 0 atom stereocenters. The summed E-state index contributed by atoms with van der Waals surface area (Å²) in [6.45, 7) is 0. The topological polar surface area (TPSA) is 84.6 Å². The van der Waals surface area contributed by atoms with Gasteiger partial charge < -0.3 is 0 Å². The van der Waals surface area contributed by atoms with E-state index in [0.717, 1.165) is 15.4 Å². The fourth-order valence-corrected chi connectivity index (χ4v) is 3.43. The van der Waals surface area contributed by atoms with E-state index in [1.54, 1.807) is 30.0 Å². The Morgan fingerprint density at radius 2 is 1.66 bits per heavy atom. The summed E-state index contributed by atoms with van der Waals surface area (Å²) < 4.78 is 0. The summed E-state index contributed by atoms with van der Waals surface area (Å²) in [4.78, 5) is 24.6. The van der Waals surface area contributed by atoms with Crippen LogP contribution < -0.4 is 5.43 Å². The molecule has 1 N–H and O–H groups in total. The lowest BCUT2D eigenvalue weighted by Crippen LogP contribution is -2.20.